The molecule has 4 nitrogen and oxygen atoms in total. The quantitative estimate of drug-likeness (QED) is 0.791. The van der Waals surface area contributed by atoms with Gasteiger partial charge in [-0.15, -0.1) is 0 Å². The van der Waals surface area contributed by atoms with Gasteiger partial charge in [-0.25, -0.2) is 0 Å². The number of aryl methyl sites for hydroxylation is 1. The van der Waals surface area contributed by atoms with Gasteiger partial charge in [0, 0.05) is 6.54 Å². The molecule has 0 bridgehead atoms. The summed E-state index contributed by atoms with van der Waals surface area (Å²) in [6.07, 6.45) is 9.78. The molecule has 1 saturated carbocycles. The number of methoxy groups -OCH3 is 1. The summed E-state index contributed by atoms with van der Waals surface area (Å²) in [5.41, 5.74) is 1.23. The summed E-state index contributed by atoms with van der Waals surface area (Å²) < 4.78 is 7.61. The van der Waals surface area contributed by atoms with Crippen molar-refractivity contribution in [3.63, 3.8) is 0 Å². The van der Waals surface area contributed by atoms with Crippen LogP contribution in [0.2, 0.25) is 0 Å². The fourth-order valence-corrected chi connectivity index (χ4v) is 3.33. The first-order valence-electron chi connectivity index (χ1n) is 8.13. The Hall–Kier alpha value is -1.03. The summed E-state index contributed by atoms with van der Waals surface area (Å²) >= 11 is 0. The van der Waals surface area contributed by atoms with E-state index in [1.807, 2.05) is 6.20 Å². The van der Waals surface area contributed by atoms with Crippen molar-refractivity contribution in [1.82, 2.24) is 15.1 Å². The van der Waals surface area contributed by atoms with Gasteiger partial charge >= 0.3 is 0 Å². The van der Waals surface area contributed by atoms with Gasteiger partial charge in [0.05, 0.1) is 25.0 Å². The zero-order chi connectivity index (χ0) is 14.4. The van der Waals surface area contributed by atoms with E-state index < -0.39 is 0 Å². The van der Waals surface area contributed by atoms with Crippen LogP contribution in [0.3, 0.4) is 0 Å². The molecule has 1 fully saturated rings. The molecular weight excluding hydrogens is 250 g/mol. The smallest absolute Gasteiger partial charge is 0.161 e. The Kier molecular flexibility index (Phi) is 5.89. The molecule has 0 saturated heterocycles. The van der Waals surface area contributed by atoms with Crippen molar-refractivity contribution in [3.8, 4) is 5.75 Å². The zero-order valence-electron chi connectivity index (χ0n) is 13.2. The van der Waals surface area contributed by atoms with Crippen molar-refractivity contribution < 1.29 is 4.74 Å². The summed E-state index contributed by atoms with van der Waals surface area (Å²) in [6.45, 7) is 6.31. The van der Waals surface area contributed by atoms with Crippen LogP contribution in [0, 0.1) is 5.92 Å². The van der Waals surface area contributed by atoms with Crippen LogP contribution >= 0.6 is 0 Å². The monoisotopic (exact) mass is 279 g/mol. The molecule has 1 heterocycles. The van der Waals surface area contributed by atoms with Crippen molar-refractivity contribution in [1.29, 1.82) is 0 Å². The average molecular weight is 279 g/mol. The number of nitrogens with zero attached hydrogens (tertiary/aromatic N) is 2. The van der Waals surface area contributed by atoms with E-state index in [1.54, 1.807) is 7.11 Å². The van der Waals surface area contributed by atoms with Gasteiger partial charge in [-0.1, -0.05) is 32.6 Å². The summed E-state index contributed by atoms with van der Waals surface area (Å²) in [7, 11) is 1.74. The Balaban J connectivity index is 2.17. The van der Waals surface area contributed by atoms with Crippen LogP contribution in [0.25, 0.3) is 0 Å². The van der Waals surface area contributed by atoms with Gasteiger partial charge in [0.25, 0.3) is 0 Å². The third kappa shape index (κ3) is 3.54. The van der Waals surface area contributed by atoms with E-state index in [-0.39, 0.29) is 0 Å². The van der Waals surface area contributed by atoms with E-state index in [9.17, 15) is 0 Å². The van der Waals surface area contributed by atoms with E-state index in [1.165, 1.54) is 37.8 Å². The van der Waals surface area contributed by atoms with Crippen molar-refractivity contribution in [3.05, 3.63) is 11.9 Å². The number of nitrogens with one attached hydrogen (secondary N) is 1. The van der Waals surface area contributed by atoms with Crippen LogP contribution in [0.5, 0.6) is 5.75 Å². The lowest BCUT2D eigenvalue weighted by Crippen LogP contribution is -2.27. The summed E-state index contributed by atoms with van der Waals surface area (Å²) in [6, 6.07) is 0.371. The number of ether oxygens (including phenoxy) is 1. The van der Waals surface area contributed by atoms with E-state index in [0.29, 0.717) is 6.04 Å². The molecule has 1 aliphatic rings. The molecule has 1 aliphatic carbocycles. The number of hydrogen-bond acceptors (Lipinski definition) is 3. The lowest BCUT2D eigenvalue weighted by Gasteiger charge is -2.23. The van der Waals surface area contributed by atoms with E-state index in [4.69, 9.17) is 4.74 Å². The molecule has 0 aromatic carbocycles. The van der Waals surface area contributed by atoms with Crippen LogP contribution in [-0.4, -0.2) is 23.4 Å². The van der Waals surface area contributed by atoms with Crippen LogP contribution in [0.1, 0.15) is 64.1 Å². The fourth-order valence-electron chi connectivity index (χ4n) is 3.33. The molecule has 1 atom stereocenters. The maximum Gasteiger partial charge on any atom is 0.161 e. The Morgan fingerprint density at radius 3 is 2.75 bits per heavy atom. The molecule has 2 rings (SSSR count). The zero-order valence-corrected chi connectivity index (χ0v) is 13.2. The Bertz CT molecular complexity index is 375. The van der Waals surface area contributed by atoms with Gasteiger partial charge in [-0.3, -0.25) is 4.68 Å². The molecule has 20 heavy (non-hydrogen) atoms. The van der Waals surface area contributed by atoms with Crippen LogP contribution in [0.4, 0.5) is 0 Å². The van der Waals surface area contributed by atoms with Crippen LogP contribution in [0.15, 0.2) is 6.20 Å². The lowest BCUT2D eigenvalue weighted by atomic mass is 9.96. The Labute approximate surface area is 122 Å². The maximum absolute atomic E-state index is 5.53. The highest BCUT2D eigenvalue weighted by Gasteiger charge is 2.26. The molecule has 114 valence electrons. The highest BCUT2D eigenvalue weighted by molar-refractivity contribution is 5.28. The average Bonchev–Trinajstić information content (AvgIpc) is 3.11. The molecule has 4 heteroatoms. The highest BCUT2D eigenvalue weighted by atomic mass is 16.5. The van der Waals surface area contributed by atoms with Crippen LogP contribution in [-0.2, 0) is 6.54 Å². The third-order valence-electron chi connectivity index (χ3n) is 4.38. The standard InChI is InChI=1S/C16H29N3O/c1-4-10-17-14(11-13-8-6-7-9-13)16-15(20-3)12-18-19(16)5-2/h12-14,17H,4-11H2,1-3H3. The summed E-state index contributed by atoms with van der Waals surface area (Å²) in [5.74, 6) is 1.78. The SMILES string of the molecule is CCCNC(CC1CCCC1)c1c(OC)cnn1CC. The van der Waals surface area contributed by atoms with E-state index in [0.717, 1.165) is 31.2 Å². The minimum Gasteiger partial charge on any atom is -0.493 e. The van der Waals surface area contributed by atoms with E-state index >= 15 is 0 Å². The Morgan fingerprint density at radius 1 is 1.40 bits per heavy atom. The third-order valence-corrected chi connectivity index (χ3v) is 4.38. The summed E-state index contributed by atoms with van der Waals surface area (Å²) in [4.78, 5) is 0. The predicted octanol–water partition coefficient (Wildman–Crippen LogP) is 3.53. The van der Waals surface area contributed by atoms with Crippen molar-refractivity contribution in [2.24, 2.45) is 5.92 Å². The molecule has 0 radical (unpaired) electrons. The normalized spacial score (nSPS) is 17.6. The lowest BCUT2D eigenvalue weighted by molar-refractivity contribution is 0.352. The fraction of sp³-hybridized carbons (Fsp3) is 0.812. The minimum atomic E-state index is 0.371. The highest BCUT2D eigenvalue weighted by Crippen LogP contribution is 2.35. The van der Waals surface area contributed by atoms with Gasteiger partial charge in [0.1, 0.15) is 0 Å². The predicted molar refractivity (Wildman–Crippen MR) is 82.1 cm³/mol. The van der Waals surface area contributed by atoms with Crippen molar-refractivity contribution in [2.45, 2.75) is 65.0 Å². The van der Waals surface area contributed by atoms with Gasteiger partial charge < -0.3 is 10.1 Å². The van der Waals surface area contributed by atoms with E-state index in [2.05, 4.69) is 28.9 Å². The molecular formula is C16H29N3O. The molecule has 0 aliphatic heterocycles. The van der Waals surface area contributed by atoms with Crippen molar-refractivity contribution >= 4 is 0 Å². The Morgan fingerprint density at radius 2 is 2.15 bits per heavy atom. The first kappa shape index (κ1) is 15.4. The molecule has 1 unspecified atom stereocenters. The van der Waals surface area contributed by atoms with Gasteiger partial charge in [0.15, 0.2) is 5.75 Å². The minimum absolute atomic E-state index is 0.371. The van der Waals surface area contributed by atoms with Gasteiger partial charge in [0.2, 0.25) is 0 Å². The number of aromatic nitrogens is 2. The first-order valence-corrected chi connectivity index (χ1v) is 8.13. The summed E-state index contributed by atoms with van der Waals surface area (Å²) in [5, 5.41) is 8.17. The second-order valence-corrected chi connectivity index (χ2v) is 5.81. The molecule has 1 N–H and O–H groups in total. The number of rotatable bonds is 8. The largest absolute Gasteiger partial charge is 0.493 e. The molecule has 0 amide bonds. The topological polar surface area (TPSA) is 39.1 Å². The molecule has 1 aromatic heterocycles. The molecule has 0 spiro atoms. The van der Waals surface area contributed by atoms with Gasteiger partial charge in [-0.2, -0.15) is 5.10 Å². The van der Waals surface area contributed by atoms with Crippen molar-refractivity contribution in [2.75, 3.05) is 13.7 Å². The second kappa shape index (κ2) is 7.67. The van der Waals surface area contributed by atoms with Gasteiger partial charge in [-0.05, 0) is 32.2 Å². The number of hydrogen-bond donors (Lipinski definition) is 1. The second-order valence-electron chi connectivity index (χ2n) is 5.81. The molecule has 1 aromatic rings. The van der Waals surface area contributed by atoms with Crippen LogP contribution < -0.4 is 10.1 Å². The maximum atomic E-state index is 5.53. The first-order chi connectivity index (χ1) is 9.80.